The van der Waals surface area contributed by atoms with E-state index in [0.717, 1.165) is 11.0 Å². The van der Waals surface area contributed by atoms with Crippen LogP contribution in [0.3, 0.4) is 0 Å². The van der Waals surface area contributed by atoms with E-state index in [2.05, 4.69) is 21.2 Å². The van der Waals surface area contributed by atoms with Crippen LogP contribution in [0.15, 0.2) is 26.5 Å². The van der Waals surface area contributed by atoms with E-state index in [1.54, 1.807) is 11.3 Å². The Morgan fingerprint density at radius 2 is 2.46 bits per heavy atom. The Labute approximate surface area is 99.9 Å². The molecule has 0 amide bonds. The summed E-state index contributed by atoms with van der Waals surface area (Å²) in [5.41, 5.74) is 1.37. The van der Waals surface area contributed by atoms with Gasteiger partial charge < -0.3 is 5.32 Å². The summed E-state index contributed by atoms with van der Waals surface area (Å²) in [4.78, 5) is 1.26. The molecule has 1 N–H and O–H groups in total. The zero-order chi connectivity index (χ0) is 9.68. The smallest absolute Gasteiger partial charge is 0.0432 e. The molecular weight excluding hydrogens is 293 g/mol. The van der Waals surface area contributed by atoms with E-state index in [0.29, 0.717) is 11.6 Å². The Balaban J connectivity index is 2.32. The van der Waals surface area contributed by atoms with Crippen molar-refractivity contribution in [3.05, 3.63) is 31.4 Å². The maximum Gasteiger partial charge on any atom is 0.0432 e. The van der Waals surface area contributed by atoms with Gasteiger partial charge in [0.05, 0.1) is 0 Å². The van der Waals surface area contributed by atoms with Crippen LogP contribution in [0.5, 0.6) is 0 Å². The molecule has 1 heterocycles. The molecule has 13 heavy (non-hydrogen) atoms. The van der Waals surface area contributed by atoms with E-state index in [1.165, 1.54) is 10.4 Å². The number of thiophene rings is 1. The fourth-order valence-electron chi connectivity index (χ4n) is 0.785. The zero-order valence-corrected chi connectivity index (χ0v) is 10.6. The molecule has 0 aliphatic carbocycles. The number of nitrogens with one attached hydrogen (secondary N) is 1. The van der Waals surface area contributed by atoms with E-state index in [-0.39, 0.29) is 0 Å². The summed E-state index contributed by atoms with van der Waals surface area (Å²) in [6, 6.07) is 2.03. The topological polar surface area (TPSA) is 12.0 Å². The molecule has 0 aromatic carbocycles. The highest BCUT2D eigenvalue weighted by atomic mass is 79.9. The Morgan fingerprint density at radius 3 is 3.00 bits per heavy atom. The minimum Gasteiger partial charge on any atom is -0.307 e. The van der Waals surface area contributed by atoms with Gasteiger partial charge in [0.15, 0.2) is 0 Å². The maximum absolute atomic E-state index is 5.70. The molecule has 0 atom stereocenters. The molecule has 1 rings (SSSR count). The lowest BCUT2D eigenvalue weighted by molar-refractivity contribution is 0.762. The summed E-state index contributed by atoms with van der Waals surface area (Å²) in [7, 11) is 0. The van der Waals surface area contributed by atoms with E-state index in [4.69, 9.17) is 23.2 Å². The standard InChI is InChI=1S/C8H8BrCl2NS/c9-7-1-2-13-8(7)5-12-4-6(11)3-10/h1-3,12H,4-5H2. The van der Waals surface area contributed by atoms with Gasteiger partial charge in [-0.3, -0.25) is 0 Å². The highest BCUT2D eigenvalue weighted by Gasteiger charge is 2.00. The average molecular weight is 301 g/mol. The molecule has 1 aromatic heterocycles. The minimum absolute atomic E-state index is 0.607. The molecule has 0 unspecified atom stereocenters. The van der Waals surface area contributed by atoms with Gasteiger partial charge in [0.2, 0.25) is 0 Å². The van der Waals surface area contributed by atoms with Crippen LogP contribution in [0.25, 0.3) is 0 Å². The van der Waals surface area contributed by atoms with Crippen molar-refractivity contribution in [3.8, 4) is 0 Å². The Kier molecular flexibility index (Phi) is 5.36. The Bertz CT molecular complexity index is 298. The van der Waals surface area contributed by atoms with Gasteiger partial charge in [0, 0.05) is 33.0 Å². The molecule has 1 aromatic rings. The van der Waals surface area contributed by atoms with Crippen LogP contribution in [-0.2, 0) is 6.54 Å². The zero-order valence-electron chi connectivity index (χ0n) is 6.69. The van der Waals surface area contributed by atoms with E-state index in [1.807, 2.05) is 11.4 Å². The molecule has 0 saturated carbocycles. The van der Waals surface area contributed by atoms with Crippen molar-refractivity contribution in [2.45, 2.75) is 6.54 Å². The number of hydrogen-bond donors (Lipinski definition) is 1. The van der Waals surface area contributed by atoms with Crippen molar-refractivity contribution in [2.24, 2.45) is 0 Å². The van der Waals surface area contributed by atoms with E-state index < -0.39 is 0 Å². The third-order valence-electron chi connectivity index (χ3n) is 1.39. The SMILES string of the molecule is ClC=C(Cl)CNCc1sccc1Br. The van der Waals surface area contributed by atoms with E-state index >= 15 is 0 Å². The predicted octanol–water partition coefficient (Wildman–Crippen LogP) is 3.92. The molecule has 72 valence electrons. The number of hydrogen-bond acceptors (Lipinski definition) is 2. The lowest BCUT2D eigenvalue weighted by Crippen LogP contribution is -2.14. The number of rotatable bonds is 4. The summed E-state index contributed by atoms with van der Waals surface area (Å²) in [5, 5.41) is 5.84. The summed E-state index contributed by atoms with van der Waals surface area (Å²) in [6.45, 7) is 1.41. The van der Waals surface area contributed by atoms with Crippen molar-refractivity contribution >= 4 is 50.5 Å². The van der Waals surface area contributed by atoms with Crippen molar-refractivity contribution in [1.29, 1.82) is 0 Å². The lowest BCUT2D eigenvalue weighted by atomic mass is 10.4. The first kappa shape index (κ1) is 11.5. The molecular formula is C8H8BrCl2NS. The van der Waals surface area contributed by atoms with Gasteiger partial charge >= 0.3 is 0 Å². The van der Waals surface area contributed by atoms with Crippen LogP contribution in [0, 0.1) is 0 Å². The predicted molar refractivity (Wildman–Crippen MR) is 63.5 cm³/mol. The molecule has 0 aliphatic heterocycles. The monoisotopic (exact) mass is 299 g/mol. The first-order valence-electron chi connectivity index (χ1n) is 3.61. The van der Waals surface area contributed by atoms with Gasteiger partial charge in [-0.2, -0.15) is 0 Å². The molecule has 0 saturated heterocycles. The van der Waals surface area contributed by atoms with Crippen LogP contribution in [0.4, 0.5) is 0 Å². The van der Waals surface area contributed by atoms with Gasteiger partial charge in [-0.1, -0.05) is 23.2 Å². The lowest BCUT2D eigenvalue weighted by Gasteiger charge is -2.01. The third-order valence-corrected chi connectivity index (χ3v) is 3.93. The van der Waals surface area contributed by atoms with Gasteiger partial charge in [-0.15, -0.1) is 11.3 Å². The van der Waals surface area contributed by atoms with Crippen LogP contribution in [0.1, 0.15) is 4.88 Å². The Morgan fingerprint density at radius 1 is 1.69 bits per heavy atom. The van der Waals surface area contributed by atoms with Crippen LogP contribution in [-0.4, -0.2) is 6.54 Å². The summed E-state index contributed by atoms with van der Waals surface area (Å²) < 4.78 is 1.14. The van der Waals surface area contributed by atoms with Gasteiger partial charge in [0.1, 0.15) is 0 Å². The molecule has 0 spiro atoms. The largest absolute Gasteiger partial charge is 0.307 e. The number of halogens is 3. The summed E-state index contributed by atoms with van der Waals surface area (Å²) in [5.74, 6) is 0. The molecule has 0 aliphatic rings. The molecule has 0 radical (unpaired) electrons. The first-order valence-corrected chi connectivity index (χ1v) is 6.10. The second kappa shape index (κ2) is 6.04. The van der Waals surface area contributed by atoms with Gasteiger partial charge in [-0.05, 0) is 27.4 Å². The van der Waals surface area contributed by atoms with Gasteiger partial charge in [0.25, 0.3) is 0 Å². The maximum atomic E-state index is 5.70. The summed E-state index contributed by atoms with van der Waals surface area (Å²) in [6.07, 6.45) is 0. The van der Waals surface area contributed by atoms with E-state index in [9.17, 15) is 0 Å². The summed E-state index contributed by atoms with van der Waals surface area (Å²) >= 11 is 16.3. The minimum atomic E-state index is 0.607. The van der Waals surface area contributed by atoms with Crippen molar-refractivity contribution in [2.75, 3.05) is 6.54 Å². The molecule has 0 fully saturated rings. The normalized spacial score (nSPS) is 12.1. The third kappa shape index (κ3) is 4.00. The highest BCUT2D eigenvalue weighted by molar-refractivity contribution is 9.10. The fourth-order valence-corrected chi connectivity index (χ4v) is 2.42. The molecule has 5 heteroatoms. The van der Waals surface area contributed by atoms with Crippen molar-refractivity contribution in [3.63, 3.8) is 0 Å². The average Bonchev–Trinajstić information content (AvgIpc) is 2.52. The molecule has 0 bridgehead atoms. The second-order valence-corrected chi connectivity index (χ2v) is 4.91. The van der Waals surface area contributed by atoms with Crippen LogP contribution >= 0.6 is 50.5 Å². The second-order valence-electron chi connectivity index (χ2n) is 2.35. The molecule has 1 nitrogen and oxygen atoms in total. The van der Waals surface area contributed by atoms with Crippen LogP contribution in [0.2, 0.25) is 0 Å². The first-order chi connectivity index (χ1) is 6.24. The van der Waals surface area contributed by atoms with Gasteiger partial charge in [-0.25, -0.2) is 0 Å². The van der Waals surface area contributed by atoms with Crippen LogP contribution < -0.4 is 5.32 Å². The fraction of sp³-hybridized carbons (Fsp3) is 0.250. The van der Waals surface area contributed by atoms with Crippen molar-refractivity contribution in [1.82, 2.24) is 5.32 Å². The van der Waals surface area contributed by atoms with Crippen molar-refractivity contribution < 1.29 is 0 Å². The highest BCUT2D eigenvalue weighted by Crippen LogP contribution is 2.22. The Hall–Kier alpha value is 0.460. The quantitative estimate of drug-likeness (QED) is 0.889.